The van der Waals surface area contributed by atoms with E-state index in [0.717, 1.165) is 24.0 Å². The van der Waals surface area contributed by atoms with Crippen LogP contribution in [0, 0.1) is 0 Å². The van der Waals surface area contributed by atoms with Gasteiger partial charge in [0.1, 0.15) is 0 Å². The predicted octanol–water partition coefficient (Wildman–Crippen LogP) is 3.33. The van der Waals surface area contributed by atoms with E-state index in [4.69, 9.17) is 5.73 Å². The quantitative estimate of drug-likeness (QED) is 0.919. The molecule has 1 aliphatic carbocycles. The van der Waals surface area contributed by atoms with Crippen LogP contribution in [0.25, 0.3) is 0 Å². The molecule has 0 spiro atoms. The molecule has 2 N–H and O–H groups in total. The van der Waals surface area contributed by atoms with Gasteiger partial charge in [-0.1, -0.05) is 44.2 Å². The van der Waals surface area contributed by atoms with Gasteiger partial charge in [0.05, 0.1) is 0 Å². The molecule has 0 heterocycles. The van der Waals surface area contributed by atoms with Crippen LogP contribution in [0.4, 0.5) is 0 Å². The zero-order valence-electron chi connectivity index (χ0n) is 12.5. The van der Waals surface area contributed by atoms with Crippen LogP contribution in [0.3, 0.4) is 0 Å². The summed E-state index contributed by atoms with van der Waals surface area (Å²) in [5.74, 6) is 0.138. The van der Waals surface area contributed by atoms with Gasteiger partial charge in [0.15, 0.2) is 0 Å². The highest BCUT2D eigenvalue weighted by atomic mass is 16.2. The van der Waals surface area contributed by atoms with Crippen LogP contribution in [0.15, 0.2) is 24.3 Å². The molecule has 0 aromatic heterocycles. The smallest absolute Gasteiger partial charge is 0.253 e. The Morgan fingerprint density at radius 2 is 1.65 bits per heavy atom. The van der Waals surface area contributed by atoms with Crippen molar-refractivity contribution in [1.29, 1.82) is 0 Å². The van der Waals surface area contributed by atoms with Crippen molar-refractivity contribution in [3.05, 3.63) is 35.4 Å². The number of nitrogens with two attached hydrogens (primary N) is 1. The zero-order valence-corrected chi connectivity index (χ0v) is 12.5. The summed E-state index contributed by atoms with van der Waals surface area (Å²) in [7, 11) is 1.95. The van der Waals surface area contributed by atoms with E-state index in [2.05, 4.69) is 0 Å². The lowest BCUT2D eigenvalue weighted by atomic mass is 9.95. The van der Waals surface area contributed by atoms with Crippen LogP contribution in [0.2, 0.25) is 0 Å². The molecule has 1 aromatic carbocycles. The molecule has 3 nitrogen and oxygen atoms in total. The number of nitrogens with zero attached hydrogens (tertiary/aromatic N) is 1. The Balaban J connectivity index is 2.01. The average molecular weight is 274 g/mol. The second kappa shape index (κ2) is 7.44. The normalized spacial score (nSPS) is 17.3. The molecule has 0 atom stereocenters. The van der Waals surface area contributed by atoms with Gasteiger partial charge >= 0.3 is 0 Å². The first-order valence-corrected chi connectivity index (χ1v) is 7.78. The van der Waals surface area contributed by atoms with Crippen LogP contribution < -0.4 is 5.73 Å². The van der Waals surface area contributed by atoms with E-state index in [1.54, 1.807) is 0 Å². The van der Waals surface area contributed by atoms with Gasteiger partial charge in [0.25, 0.3) is 5.91 Å². The van der Waals surface area contributed by atoms with E-state index < -0.39 is 0 Å². The van der Waals surface area contributed by atoms with Crippen molar-refractivity contribution in [3.63, 3.8) is 0 Å². The number of hydrogen-bond acceptors (Lipinski definition) is 2. The highest BCUT2D eigenvalue weighted by Gasteiger charge is 2.21. The monoisotopic (exact) mass is 274 g/mol. The molecular weight excluding hydrogens is 248 g/mol. The van der Waals surface area contributed by atoms with Crippen molar-refractivity contribution in [2.24, 2.45) is 5.73 Å². The highest BCUT2D eigenvalue weighted by Crippen LogP contribution is 2.22. The lowest BCUT2D eigenvalue weighted by molar-refractivity contribution is 0.0707. The molecule has 0 saturated heterocycles. The van der Waals surface area contributed by atoms with Crippen molar-refractivity contribution < 1.29 is 4.79 Å². The minimum Gasteiger partial charge on any atom is -0.339 e. The standard InChI is InChI=1S/C17H26N2O/c1-19(16-7-5-3-2-4-6-8-16)17(20)15-11-9-14(13-18)10-12-15/h9-12,16H,2-8,13,18H2,1H3. The third-order valence-corrected chi connectivity index (χ3v) is 4.38. The topological polar surface area (TPSA) is 46.3 Å². The van der Waals surface area contributed by atoms with E-state index in [9.17, 15) is 4.79 Å². The van der Waals surface area contributed by atoms with Gasteiger partial charge in [-0.2, -0.15) is 0 Å². The summed E-state index contributed by atoms with van der Waals surface area (Å²) >= 11 is 0. The molecular formula is C17H26N2O. The molecule has 1 saturated carbocycles. The molecule has 0 radical (unpaired) electrons. The average Bonchev–Trinajstić information content (AvgIpc) is 2.46. The van der Waals surface area contributed by atoms with Gasteiger partial charge in [0.2, 0.25) is 0 Å². The van der Waals surface area contributed by atoms with Crippen molar-refractivity contribution in [1.82, 2.24) is 4.90 Å². The Labute approximate surface area is 122 Å². The lowest BCUT2D eigenvalue weighted by Gasteiger charge is -2.30. The van der Waals surface area contributed by atoms with E-state index >= 15 is 0 Å². The minimum atomic E-state index is 0.138. The number of benzene rings is 1. The maximum absolute atomic E-state index is 12.5. The minimum absolute atomic E-state index is 0.138. The van der Waals surface area contributed by atoms with Crippen molar-refractivity contribution >= 4 is 5.91 Å². The molecule has 1 aliphatic rings. The van der Waals surface area contributed by atoms with Crippen molar-refractivity contribution in [3.8, 4) is 0 Å². The fraction of sp³-hybridized carbons (Fsp3) is 0.588. The van der Waals surface area contributed by atoms with Gasteiger partial charge in [-0.05, 0) is 30.5 Å². The first kappa shape index (κ1) is 15.0. The lowest BCUT2D eigenvalue weighted by Crippen LogP contribution is -2.37. The van der Waals surface area contributed by atoms with E-state index in [1.165, 1.54) is 32.1 Å². The van der Waals surface area contributed by atoms with Crippen LogP contribution in [-0.2, 0) is 6.54 Å². The molecule has 1 fully saturated rings. The maximum atomic E-state index is 12.5. The van der Waals surface area contributed by atoms with Crippen molar-refractivity contribution in [2.75, 3.05) is 7.05 Å². The second-order valence-electron chi connectivity index (χ2n) is 5.82. The molecule has 3 heteroatoms. The summed E-state index contributed by atoms with van der Waals surface area (Å²) in [4.78, 5) is 14.5. The summed E-state index contributed by atoms with van der Waals surface area (Å²) < 4.78 is 0. The Bertz CT molecular complexity index is 419. The van der Waals surface area contributed by atoms with Crippen LogP contribution in [0.5, 0.6) is 0 Å². The fourth-order valence-corrected chi connectivity index (χ4v) is 2.97. The number of carbonyl (C=O) groups excluding carboxylic acids is 1. The molecule has 110 valence electrons. The Morgan fingerprint density at radius 1 is 1.10 bits per heavy atom. The third-order valence-electron chi connectivity index (χ3n) is 4.38. The fourth-order valence-electron chi connectivity index (χ4n) is 2.97. The van der Waals surface area contributed by atoms with E-state index in [-0.39, 0.29) is 5.91 Å². The number of rotatable bonds is 3. The largest absolute Gasteiger partial charge is 0.339 e. The molecule has 2 rings (SSSR count). The SMILES string of the molecule is CN(C(=O)c1ccc(CN)cc1)C1CCCCCCC1. The molecule has 20 heavy (non-hydrogen) atoms. The first-order chi connectivity index (χ1) is 9.72. The summed E-state index contributed by atoms with van der Waals surface area (Å²) in [5, 5.41) is 0. The van der Waals surface area contributed by atoms with E-state index in [1.807, 2.05) is 36.2 Å². The third kappa shape index (κ3) is 3.83. The molecule has 0 aliphatic heterocycles. The Hall–Kier alpha value is -1.35. The molecule has 0 bridgehead atoms. The summed E-state index contributed by atoms with van der Waals surface area (Å²) in [5.41, 5.74) is 7.42. The first-order valence-electron chi connectivity index (χ1n) is 7.78. The van der Waals surface area contributed by atoms with Gasteiger partial charge in [-0.3, -0.25) is 4.79 Å². The van der Waals surface area contributed by atoms with Gasteiger partial charge in [0, 0.05) is 25.2 Å². The van der Waals surface area contributed by atoms with Crippen LogP contribution in [0.1, 0.15) is 60.9 Å². The predicted molar refractivity (Wildman–Crippen MR) is 82.5 cm³/mol. The number of hydrogen-bond donors (Lipinski definition) is 1. The summed E-state index contributed by atoms with van der Waals surface area (Å²) in [6, 6.07) is 8.07. The Kier molecular flexibility index (Phi) is 5.60. The zero-order chi connectivity index (χ0) is 14.4. The summed E-state index contributed by atoms with van der Waals surface area (Å²) in [6.45, 7) is 0.521. The number of amides is 1. The maximum Gasteiger partial charge on any atom is 0.253 e. The van der Waals surface area contributed by atoms with Crippen molar-refractivity contribution in [2.45, 2.75) is 57.5 Å². The van der Waals surface area contributed by atoms with Gasteiger partial charge in [-0.15, -0.1) is 0 Å². The molecule has 1 aromatic rings. The summed E-state index contributed by atoms with van der Waals surface area (Å²) in [6.07, 6.45) is 8.74. The second-order valence-corrected chi connectivity index (χ2v) is 5.82. The highest BCUT2D eigenvalue weighted by molar-refractivity contribution is 5.94. The van der Waals surface area contributed by atoms with E-state index in [0.29, 0.717) is 12.6 Å². The van der Waals surface area contributed by atoms with Gasteiger partial charge < -0.3 is 10.6 Å². The Morgan fingerprint density at radius 3 is 2.20 bits per heavy atom. The molecule has 1 amide bonds. The van der Waals surface area contributed by atoms with Crippen LogP contribution >= 0.6 is 0 Å². The number of carbonyl (C=O) groups is 1. The van der Waals surface area contributed by atoms with Gasteiger partial charge in [-0.25, -0.2) is 0 Å². The molecule has 0 unspecified atom stereocenters. The van der Waals surface area contributed by atoms with Crippen LogP contribution in [-0.4, -0.2) is 23.9 Å².